The van der Waals surface area contributed by atoms with Crippen LogP contribution in [0.5, 0.6) is 0 Å². The molecule has 0 saturated carbocycles. The molecule has 0 radical (unpaired) electrons. The number of hydrogen-bond acceptors (Lipinski definition) is 4. The molecule has 1 rings (SSSR count). The Balaban J connectivity index is 2.90. The normalized spacial score (nSPS) is 11.1. The summed E-state index contributed by atoms with van der Waals surface area (Å²) in [6.45, 7) is 1.43. The second-order valence-corrected chi connectivity index (χ2v) is 6.48. The van der Waals surface area contributed by atoms with Crippen molar-refractivity contribution in [2.45, 2.75) is 6.92 Å². The fourth-order valence-corrected chi connectivity index (χ4v) is 2.08. The Bertz CT molecular complexity index is 612. The van der Waals surface area contributed by atoms with E-state index in [9.17, 15) is 18.0 Å². The number of sulfone groups is 1. The molecule has 1 amide bonds. The van der Waals surface area contributed by atoms with Crippen LogP contribution in [0.4, 0.5) is 5.69 Å². The van der Waals surface area contributed by atoms with Crippen LogP contribution in [0.2, 0.25) is 5.02 Å². The summed E-state index contributed by atoms with van der Waals surface area (Å²) in [6.07, 6.45) is 0. The number of benzene rings is 1. The summed E-state index contributed by atoms with van der Waals surface area (Å²) < 4.78 is 22.5. The van der Waals surface area contributed by atoms with Crippen molar-refractivity contribution in [2.24, 2.45) is 0 Å². The van der Waals surface area contributed by atoms with Gasteiger partial charge in [-0.1, -0.05) is 18.5 Å². The molecule has 104 valence electrons. The molecule has 8 heteroatoms. The number of aromatic carboxylic acids is 1. The Morgan fingerprint density at radius 1 is 1.37 bits per heavy atom. The summed E-state index contributed by atoms with van der Waals surface area (Å²) in [6, 6.07) is 3.76. The van der Waals surface area contributed by atoms with Gasteiger partial charge in [0.1, 0.15) is 5.75 Å². The third kappa shape index (κ3) is 4.53. The summed E-state index contributed by atoms with van der Waals surface area (Å²) in [5.41, 5.74) is 0.0101. The summed E-state index contributed by atoms with van der Waals surface area (Å²) in [7, 11) is -3.45. The van der Waals surface area contributed by atoms with Crippen molar-refractivity contribution in [3.8, 4) is 0 Å². The van der Waals surface area contributed by atoms with Gasteiger partial charge in [0.2, 0.25) is 5.91 Å². The molecule has 1 aromatic rings. The highest BCUT2D eigenvalue weighted by Gasteiger charge is 2.16. The molecule has 0 fully saturated rings. The van der Waals surface area contributed by atoms with Crippen LogP contribution in [-0.2, 0) is 14.6 Å². The molecule has 19 heavy (non-hydrogen) atoms. The molecule has 0 saturated heterocycles. The Hall–Kier alpha value is -1.60. The number of carbonyl (C=O) groups is 2. The minimum absolute atomic E-state index is 0.0574. The molecule has 0 aliphatic heterocycles. The number of rotatable bonds is 5. The molecule has 0 atom stereocenters. The smallest absolute Gasteiger partial charge is 0.335 e. The first-order valence-electron chi connectivity index (χ1n) is 5.28. The lowest BCUT2D eigenvalue weighted by Crippen LogP contribution is -2.24. The maximum absolute atomic E-state index is 11.5. The van der Waals surface area contributed by atoms with Crippen LogP contribution in [0.3, 0.4) is 0 Å². The number of anilines is 1. The van der Waals surface area contributed by atoms with Gasteiger partial charge in [0.05, 0.1) is 16.3 Å². The van der Waals surface area contributed by atoms with Crippen LogP contribution >= 0.6 is 11.6 Å². The quantitative estimate of drug-likeness (QED) is 0.856. The van der Waals surface area contributed by atoms with Crippen molar-refractivity contribution in [3.63, 3.8) is 0 Å². The average molecular weight is 306 g/mol. The fourth-order valence-electron chi connectivity index (χ4n) is 1.24. The van der Waals surface area contributed by atoms with Gasteiger partial charge in [-0.05, 0) is 18.2 Å². The lowest BCUT2D eigenvalue weighted by atomic mass is 10.2. The number of amides is 1. The molecule has 1 aromatic carbocycles. The first-order valence-corrected chi connectivity index (χ1v) is 7.48. The Morgan fingerprint density at radius 2 is 2.00 bits per heavy atom. The van der Waals surface area contributed by atoms with Crippen LogP contribution < -0.4 is 5.32 Å². The van der Waals surface area contributed by atoms with E-state index in [0.717, 1.165) is 0 Å². The third-order valence-electron chi connectivity index (χ3n) is 2.28. The first kappa shape index (κ1) is 15.5. The minimum atomic E-state index is -3.45. The topological polar surface area (TPSA) is 101 Å². The predicted molar refractivity (Wildman–Crippen MR) is 71.4 cm³/mol. The predicted octanol–water partition coefficient (Wildman–Crippen LogP) is 1.41. The standard InChI is InChI=1S/C11H12ClNO5S/c1-2-19(17,18)6-10(14)13-9-5-7(11(15)16)3-4-8(9)12/h3-5H,2,6H2,1H3,(H,13,14)(H,15,16). The molecule has 0 bridgehead atoms. The van der Waals surface area contributed by atoms with Gasteiger partial charge in [0, 0.05) is 5.75 Å². The number of carboxylic acid groups (broad SMARTS) is 1. The second-order valence-electron chi connectivity index (χ2n) is 3.72. The zero-order valence-corrected chi connectivity index (χ0v) is 11.6. The van der Waals surface area contributed by atoms with Gasteiger partial charge >= 0.3 is 5.97 Å². The van der Waals surface area contributed by atoms with Crippen molar-refractivity contribution in [2.75, 3.05) is 16.8 Å². The summed E-state index contributed by atoms with van der Waals surface area (Å²) in [5.74, 6) is -2.75. The number of nitrogens with one attached hydrogen (secondary N) is 1. The van der Waals surface area contributed by atoms with Crippen molar-refractivity contribution >= 4 is 39.0 Å². The third-order valence-corrected chi connectivity index (χ3v) is 4.19. The van der Waals surface area contributed by atoms with Crippen molar-refractivity contribution in [1.82, 2.24) is 0 Å². The monoisotopic (exact) mass is 305 g/mol. The van der Waals surface area contributed by atoms with Gasteiger partial charge in [0.25, 0.3) is 0 Å². The Labute approximate surface area is 115 Å². The van der Waals surface area contributed by atoms with Gasteiger partial charge in [-0.25, -0.2) is 13.2 Å². The zero-order chi connectivity index (χ0) is 14.6. The van der Waals surface area contributed by atoms with Gasteiger partial charge < -0.3 is 10.4 Å². The van der Waals surface area contributed by atoms with Gasteiger partial charge in [-0.15, -0.1) is 0 Å². The highest BCUT2D eigenvalue weighted by molar-refractivity contribution is 7.92. The molecular weight excluding hydrogens is 294 g/mol. The SMILES string of the molecule is CCS(=O)(=O)CC(=O)Nc1cc(C(=O)O)ccc1Cl. The highest BCUT2D eigenvalue weighted by Crippen LogP contribution is 2.23. The molecule has 0 spiro atoms. The largest absolute Gasteiger partial charge is 0.478 e. The maximum atomic E-state index is 11.5. The Morgan fingerprint density at radius 3 is 2.53 bits per heavy atom. The summed E-state index contributed by atoms with van der Waals surface area (Å²) in [4.78, 5) is 22.3. The molecular formula is C11H12ClNO5S. The summed E-state index contributed by atoms with van der Waals surface area (Å²) in [5, 5.41) is 11.2. The average Bonchev–Trinajstić information content (AvgIpc) is 2.31. The van der Waals surface area contributed by atoms with Crippen LogP contribution in [0.1, 0.15) is 17.3 Å². The van der Waals surface area contributed by atoms with E-state index in [-0.39, 0.29) is 22.0 Å². The van der Waals surface area contributed by atoms with E-state index in [1.54, 1.807) is 0 Å². The van der Waals surface area contributed by atoms with Crippen molar-refractivity contribution in [3.05, 3.63) is 28.8 Å². The second kappa shape index (κ2) is 6.03. The van der Waals surface area contributed by atoms with Crippen molar-refractivity contribution < 1.29 is 23.1 Å². The molecule has 0 aromatic heterocycles. The first-order chi connectivity index (χ1) is 8.75. The zero-order valence-electron chi connectivity index (χ0n) is 10.0. The van der Waals surface area contributed by atoms with Crippen LogP contribution in [-0.4, -0.2) is 36.9 Å². The molecule has 0 heterocycles. The van der Waals surface area contributed by atoms with Crippen LogP contribution in [0.15, 0.2) is 18.2 Å². The van der Waals surface area contributed by atoms with E-state index < -0.39 is 27.5 Å². The molecule has 2 N–H and O–H groups in total. The number of carbonyl (C=O) groups excluding carboxylic acids is 1. The van der Waals surface area contributed by atoms with Crippen LogP contribution in [0, 0.1) is 0 Å². The highest BCUT2D eigenvalue weighted by atomic mass is 35.5. The number of hydrogen-bond donors (Lipinski definition) is 2. The van der Waals surface area contributed by atoms with Gasteiger partial charge in [-0.2, -0.15) is 0 Å². The van der Waals surface area contributed by atoms with E-state index in [1.807, 2.05) is 0 Å². The van der Waals surface area contributed by atoms with Gasteiger partial charge in [0.15, 0.2) is 9.84 Å². The number of carboxylic acids is 1. The van der Waals surface area contributed by atoms with E-state index in [2.05, 4.69) is 5.32 Å². The van der Waals surface area contributed by atoms with Crippen molar-refractivity contribution in [1.29, 1.82) is 0 Å². The molecule has 6 nitrogen and oxygen atoms in total. The minimum Gasteiger partial charge on any atom is -0.478 e. The molecule has 0 unspecified atom stereocenters. The van der Waals surface area contributed by atoms with E-state index >= 15 is 0 Å². The fraction of sp³-hybridized carbons (Fsp3) is 0.273. The lowest BCUT2D eigenvalue weighted by Gasteiger charge is -2.08. The summed E-state index contributed by atoms with van der Waals surface area (Å²) >= 11 is 5.79. The molecule has 0 aliphatic carbocycles. The van der Waals surface area contributed by atoms with E-state index in [0.29, 0.717) is 0 Å². The molecule has 0 aliphatic rings. The number of halogens is 1. The lowest BCUT2D eigenvalue weighted by molar-refractivity contribution is -0.113. The van der Waals surface area contributed by atoms with E-state index in [1.165, 1.54) is 25.1 Å². The van der Waals surface area contributed by atoms with Crippen LogP contribution in [0.25, 0.3) is 0 Å². The maximum Gasteiger partial charge on any atom is 0.335 e. The Kier molecular flexibility index (Phi) is 4.90. The van der Waals surface area contributed by atoms with E-state index in [4.69, 9.17) is 16.7 Å². The van der Waals surface area contributed by atoms with Gasteiger partial charge in [-0.3, -0.25) is 4.79 Å².